The Bertz CT molecular complexity index is 674. The summed E-state index contributed by atoms with van der Waals surface area (Å²) in [6.45, 7) is 1.94. The molecule has 1 heterocycles. The molecule has 0 aliphatic carbocycles. The number of halogens is 1. The Hall–Kier alpha value is -1.72. The number of Topliss-reactive ketones (excluding diaryl/α,β-unsaturated/α-hetero) is 1. The standard InChI is InChI=1S/C16H13BrO3S/c1-2-20-16(19)12(10-11-6-4-3-5-7-11)15(18)13-8-9-14(17)21-13/h3-10H,2H2,1H3. The lowest BCUT2D eigenvalue weighted by Gasteiger charge is -2.05. The first kappa shape index (κ1) is 15.7. The fourth-order valence-electron chi connectivity index (χ4n) is 1.71. The summed E-state index contributed by atoms with van der Waals surface area (Å²) in [6.07, 6.45) is 1.56. The third kappa shape index (κ3) is 4.12. The van der Waals surface area contributed by atoms with Crippen molar-refractivity contribution >= 4 is 45.1 Å². The average molecular weight is 365 g/mol. The van der Waals surface area contributed by atoms with E-state index in [2.05, 4.69) is 15.9 Å². The molecule has 0 saturated heterocycles. The molecule has 2 aromatic rings. The molecule has 0 atom stereocenters. The van der Waals surface area contributed by atoms with E-state index in [9.17, 15) is 9.59 Å². The van der Waals surface area contributed by atoms with Crippen LogP contribution in [-0.2, 0) is 9.53 Å². The van der Waals surface area contributed by atoms with Gasteiger partial charge >= 0.3 is 5.97 Å². The maximum absolute atomic E-state index is 12.5. The van der Waals surface area contributed by atoms with Crippen LogP contribution in [0.15, 0.2) is 51.8 Å². The number of benzene rings is 1. The lowest BCUT2D eigenvalue weighted by Crippen LogP contribution is -2.15. The van der Waals surface area contributed by atoms with E-state index in [0.29, 0.717) is 4.88 Å². The number of carbonyl (C=O) groups is 2. The van der Waals surface area contributed by atoms with Crippen molar-refractivity contribution in [3.63, 3.8) is 0 Å². The highest BCUT2D eigenvalue weighted by Gasteiger charge is 2.22. The summed E-state index contributed by atoms with van der Waals surface area (Å²) in [5, 5.41) is 0. The van der Waals surface area contributed by atoms with Crippen LogP contribution in [0.3, 0.4) is 0 Å². The molecule has 5 heteroatoms. The van der Waals surface area contributed by atoms with Crippen molar-refractivity contribution in [1.82, 2.24) is 0 Å². The zero-order chi connectivity index (χ0) is 15.2. The summed E-state index contributed by atoms with van der Waals surface area (Å²) in [4.78, 5) is 25.0. The second kappa shape index (κ2) is 7.33. The summed E-state index contributed by atoms with van der Waals surface area (Å²) in [5.74, 6) is -0.927. The highest BCUT2D eigenvalue weighted by atomic mass is 79.9. The number of ketones is 1. The second-order valence-electron chi connectivity index (χ2n) is 4.12. The molecule has 0 spiro atoms. The summed E-state index contributed by atoms with van der Waals surface area (Å²) in [5.41, 5.74) is 0.821. The van der Waals surface area contributed by atoms with Gasteiger partial charge < -0.3 is 4.74 Å². The van der Waals surface area contributed by atoms with Crippen molar-refractivity contribution in [3.8, 4) is 0 Å². The largest absolute Gasteiger partial charge is 0.462 e. The van der Waals surface area contributed by atoms with Crippen LogP contribution in [0, 0.1) is 0 Å². The first-order valence-electron chi connectivity index (χ1n) is 6.35. The Labute approximate surface area is 135 Å². The number of ether oxygens (including phenoxy) is 1. The maximum atomic E-state index is 12.5. The van der Waals surface area contributed by atoms with Crippen molar-refractivity contribution in [2.24, 2.45) is 0 Å². The number of thiophene rings is 1. The third-order valence-corrected chi connectivity index (χ3v) is 4.27. The molecule has 0 aliphatic rings. The van der Waals surface area contributed by atoms with E-state index in [1.54, 1.807) is 25.1 Å². The van der Waals surface area contributed by atoms with Gasteiger partial charge in [-0.2, -0.15) is 0 Å². The summed E-state index contributed by atoms with van der Waals surface area (Å²) >= 11 is 4.60. The predicted molar refractivity (Wildman–Crippen MR) is 87.4 cm³/mol. The van der Waals surface area contributed by atoms with E-state index >= 15 is 0 Å². The van der Waals surface area contributed by atoms with E-state index in [-0.39, 0.29) is 18.0 Å². The van der Waals surface area contributed by atoms with Gasteiger partial charge in [-0.25, -0.2) is 4.79 Å². The number of carbonyl (C=O) groups excluding carboxylic acids is 2. The topological polar surface area (TPSA) is 43.4 Å². The minimum Gasteiger partial charge on any atom is -0.462 e. The first-order chi connectivity index (χ1) is 10.1. The molecule has 3 nitrogen and oxygen atoms in total. The molecule has 0 N–H and O–H groups in total. The van der Waals surface area contributed by atoms with E-state index in [1.165, 1.54) is 11.3 Å². The minimum atomic E-state index is -0.601. The van der Waals surface area contributed by atoms with Crippen LogP contribution in [0.5, 0.6) is 0 Å². The Kier molecular flexibility index (Phi) is 5.47. The minimum absolute atomic E-state index is 0.0393. The number of esters is 1. The quantitative estimate of drug-likeness (QED) is 0.260. The zero-order valence-electron chi connectivity index (χ0n) is 11.3. The van der Waals surface area contributed by atoms with Gasteiger partial charge in [-0.3, -0.25) is 4.79 Å². The third-order valence-electron chi connectivity index (χ3n) is 2.65. The highest BCUT2D eigenvalue weighted by molar-refractivity contribution is 9.11. The molecular weight excluding hydrogens is 352 g/mol. The highest BCUT2D eigenvalue weighted by Crippen LogP contribution is 2.25. The Balaban J connectivity index is 2.39. The molecule has 0 fully saturated rings. The summed E-state index contributed by atoms with van der Waals surface area (Å²) in [6, 6.07) is 12.7. The molecule has 0 saturated carbocycles. The fourth-order valence-corrected chi connectivity index (χ4v) is 3.05. The van der Waals surface area contributed by atoms with Gasteiger partial charge in [0.15, 0.2) is 0 Å². The lowest BCUT2D eigenvalue weighted by atomic mass is 10.1. The van der Waals surface area contributed by atoms with Crippen molar-refractivity contribution in [2.75, 3.05) is 6.61 Å². The van der Waals surface area contributed by atoms with Crippen LogP contribution in [0.25, 0.3) is 6.08 Å². The van der Waals surface area contributed by atoms with Crippen molar-refractivity contribution < 1.29 is 14.3 Å². The molecular formula is C16H13BrO3S. The normalized spacial score (nSPS) is 11.2. The Morgan fingerprint density at radius 3 is 2.48 bits per heavy atom. The molecule has 0 unspecified atom stereocenters. The van der Waals surface area contributed by atoms with Crippen molar-refractivity contribution in [3.05, 3.63) is 62.3 Å². The van der Waals surface area contributed by atoms with Crippen LogP contribution in [0.2, 0.25) is 0 Å². The zero-order valence-corrected chi connectivity index (χ0v) is 13.7. The van der Waals surface area contributed by atoms with Crippen LogP contribution < -0.4 is 0 Å². The van der Waals surface area contributed by atoms with Gasteiger partial charge in [-0.05, 0) is 46.6 Å². The summed E-state index contributed by atoms with van der Waals surface area (Å²) < 4.78 is 5.83. The number of hydrogen-bond donors (Lipinski definition) is 0. The number of hydrogen-bond acceptors (Lipinski definition) is 4. The molecule has 108 valence electrons. The molecule has 1 aromatic heterocycles. The van der Waals surface area contributed by atoms with Gasteiger partial charge in [-0.15, -0.1) is 11.3 Å². The van der Waals surface area contributed by atoms with Crippen LogP contribution in [0.1, 0.15) is 22.2 Å². The van der Waals surface area contributed by atoms with Gasteiger partial charge in [0.1, 0.15) is 5.57 Å². The van der Waals surface area contributed by atoms with Gasteiger partial charge in [0.05, 0.1) is 15.3 Å². The van der Waals surface area contributed by atoms with E-state index in [4.69, 9.17) is 4.74 Å². The molecule has 1 aromatic carbocycles. The molecule has 0 radical (unpaired) electrons. The van der Waals surface area contributed by atoms with Gasteiger partial charge in [0.25, 0.3) is 0 Å². The monoisotopic (exact) mass is 364 g/mol. The number of rotatable bonds is 5. The molecule has 0 aliphatic heterocycles. The summed E-state index contributed by atoms with van der Waals surface area (Å²) in [7, 11) is 0. The SMILES string of the molecule is CCOC(=O)C(=Cc1ccccc1)C(=O)c1ccc(Br)s1. The van der Waals surface area contributed by atoms with E-state index < -0.39 is 5.97 Å². The van der Waals surface area contributed by atoms with Crippen LogP contribution >= 0.6 is 27.3 Å². The van der Waals surface area contributed by atoms with Crippen molar-refractivity contribution in [2.45, 2.75) is 6.92 Å². The van der Waals surface area contributed by atoms with Crippen LogP contribution in [-0.4, -0.2) is 18.4 Å². The Morgan fingerprint density at radius 2 is 1.90 bits per heavy atom. The fraction of sp³-hybridized carbons (Fsp3) is 0.125. The Morgan fingerprint density at radius 1 is 1.19 bits per heavy atom. The average Bonchev–Trinajstić information content (AvgIpc) is 2.92. The van der Waals surface area contributed by atoms with Gasteiger partial charge in [-0.1, -0.05) is 30.3 Å². The van der Waals surface area contributed by atoms with Crippen LogP contribution in [0.4, 0.5) is 0 Å². The molecule has 0 amide bonds. The van der Waals surface area contributed by atoms with E-state index in [0.717, 1.165) is 9.35 Å². The molecule has 0 bridgehead atoms. The lowest BCUT2D eigenvalue weighted by molar-refractivity contribution is -0.137. The van der Waals surface area contributed by atoms with E-state index in [1.807, 2.05) is 30.3 Å². The van der Waals surface area contributed by atoms with Gasteiger partial charge in [0.2, 0.25) is 5.78 Å². The predicted octanol–water partition coefficient (Wildman–Crippen LogP) is 4.34. The second-order valence-corrected chi connectivity index (χ2v) is 6.59. The van der Waals surface area contributed by atoms with Crippen molar-refractivity contribution in [1.29, 1.82) is 0 Å². The first-order valence-corrected chi connectivity index (χ1v) is 7.96. The maximum Gasteiger partial charge on any atom is 0.342 e. The molecule has 2 rings (SSSR count). The van der Waals surface area contributed by atoms with Gasteiger partial charge in [0, 0.05) is 0 Å². The smallest absolute Gasteiger partial charge is 0.342 e. The molecule has 21 heavy (non-hydrogen) atoms.